The van der Waals surface area contributed by atoms with E-state index in [2.05, 4.69) is 20.9 Å². The molecule has 1 fully saturated rings. The van der Waals surface area contributed by atoms with Gasteiger partial charge < -0.3 is 9.47 Å². The fraction of sp³-hybridized carbons (Fsp3) is 0.471. The highest BCUT2D eigenvalue weighted by atomic mass is 79.9. The van der Waals surface area contributed by atoms with Gasteiger partial charge in [0.05, 0.1) is 23.8 Å². The number of halogens is 3. The number of pyridine rings is 1. The molecule has 0 amide bonds. The third-order valence-corrected chi connectivity index (χ3v) is 6.25. The first kappa shape index (κ1) is 16.5. The van der Waals surface area contributed by atoms with Crippen LogP contribution in [0.1, 0.15) is 17.5 Å². The van der Waals surface area contributed by atoms with Gasteiger partial charge in [-0.1, -0.05) is 11.6 Å². The van der Waals surface area contributed by atoms with Crippen molar-refractivity contribution in [2.24, 2.45) is 0 Å². The molecule has 0 N–H and O–H groups in total. The summed E-state index contributed by atoms with van der Waals surface area (Å²) >= 11 is 10.0. The summed E-state index contributed by atoms with van der Waals surface area (Å²) in [6.07, 6.45) is -0.275. The Morgan fingerprint density at radius 2 is 2.21 bits per heavy atom. The maximum Gasteiger partial charge on any atom is 0.213 e. The zero-order valence-corrected chi connectivity index (χ0v) is 15.5. The van der Waals surface area contributed by atoms with Crippen LogP contribution >= 0.6 is 27.5 Å². The Morgan fingerprint density at radius 3 is 2.96 bits per heavy atom. The smallest absolute Gasteiger partial charge is 0.213 e. The molecule has 0 radical (unpaired) electrons. The average molecular weight is 416 g/mol. The Labute approximate surface area is 153 Å². The summed E-state index contributed by atoms with van der Waals surface area (Å²) in [5.41, 5.74) is 2.91. The molecule has 3 heterocycles. The molecule has 0 spiro atoms. The molecule has 24 heavy (non-hydrogen) atoms. The van der Waals surface area contributed by atoms with Crippen molar-refractivity contribution in [1.29, 1.82) is 0 Å². The van der Waals surface area contributed by atoms with Gasteiger partial charge in [0.1, 0.15) is 12.8 Å². The molecule has 0 bridgehead atoms. The van der Waals surface area contributed by atoms with Gasteiger partial charge in [-0.05, 0) is 46.6 Å². The predicted molar refractivity (Wildman–Crippen MR) is 94.4 cm³/mol. The van der Waals surface area contributed by atoms with Crippen LogP contribution in [-0.2, 0) is 18.0 Å². The topological polar surface area (TPSA) is 34.6 Å². The molecule has 4 nitrogen and oxygen atoms in total. The van der Waals surface area contributed by atoms with Gasteiger partial charge in [-0.15, -0.1) is 0 Å². The Morgan fingerprint density at radius 1 is 1.42 bits per heavy atom. The largest absolute Gasteiger partial charge is 0.476 e. The molecular weight excluding hydrogens is 399 g/mol. The number of hydrogen-bond donors (Lipinski definition) is 0. The highest BCUT2D eigenvalue weighted by Gasteiger charge is 2.30. The van der Waals surface area contributed by atoms with E-state index < -0.39 is 6.17 Å². The molecule has 7 heteroatoms. The van der Waals surface area contributed by atoms with Gasteiger partial charge in [-0.2, -0.15) is 0 Å². The van der Waals surface area contributed by atoms with Crippen molar-refractivity contribution in [2.75, 3.05) is 20.2 Å². The number of alkyl halides is 1. The summed E-state index contributed by atoms with van der Waals surface area (Å²) in [6.45, 7) is 2.00. The van der Waals surface area contributed by atoms with E-state index in [9.17, 15) is 4.39 Å². The van der Waals surface area contributed by atoms with Crippen molar-refractivity contribution in [3.63, 3.8) is 0 Å². The van der Waals surface area contributed by atoms with E-state index in [-0.39, 0.29) is 6.04 Å². The molecular formula is C17H17BrClFN2O2. The van der Waals surface area contributed by atoms with Crippen molar-refractivity contribution >= 4 is 38.4 Å². The summed E-state index contributed by atoms with van der Waals surface area (Å²) in [4.78, 5) is 6.55. The van der Waals surface area contributed by atoms with E-state index in [0.717, 1.165) is 21.0 Å². The maximum absolute atomic E-state index is 13.4. The van der Waals surface area contributed by atoms with E-state index in [1.807, 2.05) is 24.1 Å². The zero-order valence-electron chi connectivity index (χ0n) is 13.2. The molecule has 2 aromatic rings. The first-order valence-electron chi connectivity index (χ1n) is 7.89. The SMILES string of the molecule is CN1C[C@H](F)C[C@H]1COc1ccc2c3c(c(Br)c(Cl)c2n1)COC3. The molecule has 1 saturated heterocycles. The van der Waals surface area contributed by atoms with E-state index in [0.29, 0.717) is 49.2 Å². The number of likely N-dealkylation sites (tertiary alicyclic amines) is 1. The molecule has 1 aromatic carbocycles. The number of nitrogens with zero attached hydrogens (tertiary/aromatic N) is 2. The highest BCUT2D eigenvalue weighted by Crippen LogP contribution is 2.40. The van der Waals surface area contributed by atoms with Crippen LogP contribution in [-0.4, -0.2) is 42.3 Å². The number of rotatable bonds is 3. The van der Waals surface area contributed by atoms with Crippen LogP contribution in [0.3, 0.4) is 0 Å². The van der Waals surface area contributed by atoms with E-state index >= 15 is 0 Å². The Bertz CT molecular complexity index is 804. The normalized spacial score (nSPS) is 23.8. The van der Waals surface area contributed by atoms with E-state index in [1.165, 1.54) is 0 Å². The average Bonchev–Trinajstić information content (AvgIpc) is 3.17. The molecule has 2 atom stereocenters. The zero-order chi connectivity index (χ0) is 16.8. The quantitative estimate of drug-likeness (QED) is 0.756. The van der Waals surface area contributed by atoms with Crippen LogP contribution in [0.25, 0.3) is 10.9 Å². The lowest BCUT2D eigenvalue weighted by Crippen LogP contribution is -2.30. The third-order valence-electron chi connectivity index (χ3n) is 4.78. The standard InChI is InChI=1S/C17H17BrClFN2O2/c1-22-5-9(20)4-10(22)6-24-14-3-2-11-12-7-23-8-13(12)15(18)16(19)17(11)21-14/h2-3,9-10H,4-8H2,1H3/t9-,10+/m1/s1. The number of likely N-dealkylation sites (N-methyl/N-ethyl adjacent to an activating group) is 1. The molecule has 2 aliphatic rings. The van der Waals surface area contributed by atoms with Crippen molar-refractivity contribution in [2.45, 2.75) is 31.8 Å². The van der Waals surface area contributed by atoms with Crippen molar-refractivity contribution in [3.8, 4) is 5.88 Å². The van der Waals surface area contributed by atoms with Crippen LogP contribution in [0.2, 0.25) is 5.02 Å². The van der Waals surface area contributed by atoms with E-state index in [1.54, 1.807) is 0 Å². The van der Waals surface area contributed by atoms with Crippen LogP contribution in [0.4, 0.5) is 4.39 Å². The van der Waals surface area contributed by atoms with Crippen molar-refractivity contribution < 1.29 is 13.9 Å². The summed E-state index contributed by atoms with van der Waals surface area (Å²) in [5.74, 6) is 0.505. The Kier molecular flexibility index (Phi) is 4.41. The van der Waals surface area contributed by atoms with Crippen LogP contribution < -0.4 is 4.74 Å². The summed E-state index contributed by atoms with van der Waals surface area (Å²) in [7, 11) is 1.92. The predicted octanol–water partition coefficient (Wildman–Crippen LogP) is 4.10. The second-order valence-electron chi connectivity index (χ2n) is 6.36. The second-order valence-corrected chi connectivity index (χ2v) is 7.53. The molecule has 128 valence electrons. The lowest BCUT2D eigenvalue weighted by Gasteiger charge is -2.19. The minimum Gasteiger partial charge on any atom is -0.476 e. The van der Waals surface area contributed by atoms with Crippen LogP contribution in [0.5, 0.6) is 5.88 Å². The molecule has 0 saturated carbocycles. The van der Waals surface area contributed by atoms with Gasteiger partial charge >= 0.3 is 0 Å². The van der Waals surface area contributed by atoms with Crippen molar-refractivity contribution in [3.05, 3.63) is 32.8 Å². The minimum absolute atomic E-state index is 0.0770. The Hall–Kier alpha value is -0.950. The number of hydrogen-bond acceptors (Lipinski definition) is 4. The number of aromatic nitrogens is 1. The van der Waals surface area contributed by atoms with Gasteiger partial charge in [-0.25, -0.2) is 9.37 Å². The molecule has 1 aromatic heterocycles. The van der Waals surface area contributed by atoms with Gasteiger partial charge in [0, 0.05) is 28.5 Å². The fourth-order valence-corrected chi connectivity index (χ4v) is 4.22. The summed E-state index contributed by atoms with van der Waals surface area (Å²) < 4.78 is 25.6. The van der Waals surface area contributed by atoms with Crippen LogP contribution in [0.15, 0.2) is 16.6 Å². The van der Waals surface area contributed by atoms with Crippen molar-refractivity contribution in [1.82, 2.24) is 9.88 Å². The molecule has 0 unspecified atom stereocenters. The highest BCUT2D eigenvalue weighted by molar-refractivity contribution is 9.10. The molecule has 4 rings (SSSR count). The number of fused-ring (bicyclic) bond motifs is 3. The molecule has 2 aliphatic heterocycles. The molecule has 0 aliphatic carbocycles. The Balaban J connectivity index is 1.62. The summed E-state index contributed by atoms with van der Waals surface area (Å²) in [5, 5.41) is 1.56. The van der Waals surface area contributed by atoms with Gasteiger partial charge in [0.25, 0.3) is 0 Å². The van der Waals surface area contributed by atoms with Gasteiger partial charge in [0.15, 0.2) is 0 Å². The van der Waals surface area contributed by atoms with Crippen LogP contribution in [0, 0.1) is 0 Å². The van der Waals surface area contributed by atoms with Gasteiger partial charge in [0.2, 0.25) is 5.88 Å². The fourth-order valence-electron chi connectivity index (χ4n) is 3.42. The van der Waals surface area contributed by atoms with E-state index in [4.69, 9.17) is 21.1 Å². The summed E-state index contributed by atoms with van der Waals surface area (Å²) in [6, 6.07) is 3.89. The lowest BCUT2D eigenvalue weighted by molar-refractivity contribution is 0.134. The number of benzene rings is 1. The number of ether oxygens (including phenoxy) is 2. The maximum atomic E-state index is 13.4. The first-order chi connectivity index (χ1) is 11.5. The minimum atomic E-state index is -0.777. The second kappa shape index (κ2) is 6.41. The lowest BCUT2D eigenvalue weighted by atomic mass is 10.0. The first-order valence-corrected chi connectivity index (χ1v) is 9.06. The van der Waals surface area contributed by atoms with Gasteiger partial charge in [-0.3, -0.25) is 4.90 Å². The third kappa shape index (κ3) is 2.79. The monoisotopic (exact) mass is 414 g/mol.